The predicted molar refractivity (Wildman–Crippen MR) is 117 cm³/mol. The highest BCUT2D eigenvalue weighted by Crippen LogP contribution is 2.54. The number of nitrogen functional groups attached to an aromatic ring is 1. The molecule has 158 valence electrons. The second-order valence-electron chi connectivity index (χ2n) is 8.90. The third-order valence-corrected chi connectivity index (χ3v) is 7.07. The van der Waals surface area contributed by atoms with Gasteiger partial charge in [0.1, 0.15) is 17.6 Å². The summed E-state index contributed by atoms with van der Waals surface area (Å²) in [4.78, 5) is 8.90. The number of pyridine rings is 2. The summed E-state index contributed by atoms with van der Waals surface area (Å²) in [7, 11) is 0. The summed E-state index contributed by atoms with van der Waals surface area (Å²) in [5, 5.41) is 24.1. The lowest BCUT2D eigenvalue weighted by Gasteiger charge is -2.26. The maximum Gasteiger partial charge on any atom is 0.140 e. The summed E-state index contributed by atoms with van der Waals surface area (Å²) in [6.07, 6.45) is 3.07. The molecule has 1 aromatic carbocycles. The summed E-state index contributed by atoms with van der Waals surface area (Å²) < 4.78 is 8.17. The monoisotopic (exact) mass is 416 g/mol. The molecule has 4 aromatic rings. The number of hydrogen-bond acceptors (Lipinski definition) is 6. The first-order valence-electron chi connectivity index (χ1n) is 10.6. The molecule has 5 atom stereocenters. The van der Waals surface area contributed by atoms with E-state index in [1.165, 1.54) is 0 Å². The van der Waals surface area contributed by atoms with E-state index in [9.17, 15) is 10.2 Å². The molecule has 4 N–H and O–H groups in total. The van der Waals surface area contributed by atoms with Crippen molar-refractivity contribution in [2.24, 2.45) is 5.41 Å². The Balaban J connectivity index is 1.30. The molecule has 1 aliphatic carbocycles. The van der Waals surface area contributed by atoms with Crippen molar-refractivity contribution >= 4 is 27.8 Å². The molecule has 0 amide bonds. The minimum Gasteiger partial charge on any atom is -0.390 e. The number of anilines is 1. The largest absolute Gasteiger partial charge is 0.390 e. The smallest absolute Gasteiger partial charge is 0.140 e. The highest BCUT2D eigenvalue weighted by Gasteiger charge is 2.57. The molecular weight excluding hydrogens is 392 g/mol. The topological polar surface area (TPSA) is 106 Å². The number of ether oxygens (including phenoxy) is 1. The van der Waals surface area contributed by atoms with Crippen LogP contribution in [-0.2, 0) is 4.74 Å². The zero-order valence-electron chi connectivity index (χ0n) is 16.9. The van der Waals surface area contributed by atoms with Crippen molar-refractivity contribution in [3.05, 3.63) is 66.5 Å². The Morgan fingerprint density at radius 3 is 2.84 bits per heavy atom. The molecular formula is C24H24N4O3. The molecule has 0 bridgehead atoms. The van der Waals surface area contributed by atoms with Crippen LogP contribution in [0.4, 0.5) is 5.82 Å². The first-order valence-corrected chi connectivity index (χ1v) is 10.6. The van der Waals surface area contributed by atoms with E-state index >= 15 is 0 Å². The lowest BCUT2D eigenvalue weighted by molar-refractivity contribution is -0.0309. The van der Waals surface area contributed by atoms with Crippen molar-refractivity contribution < 1.29 is 14.9 Å². The quantitative estimate of drug-likeness (QED) is 0.464. The lowest BCUT2D eigenvalue weighted by Crippen LogP contribution is -2.37. The molecule has 1 saturated heterocycles. The third-order valence-electron chi connectivity index (χ3n) is 7.07. The van der Waals surface area contributed by atoms with Gasteiger partial charge in [0.25, 0.3) is 0 Å². The van der Waals surface area contributed by atoms with Crippen molar-refractivity contribution in [2.75, 3.05) is 12.3 Å². The van der Waals surface area contributed by atoms with Crippen LogP contribution in [0.2, 0.25) is 0 Å². The highest BCUT2D eigenvalue weighted by molar-refractivity contribution is 5.80. The second-order valence-corrected chi connectivity index (χ2v) is 8.90. The molecule has 2 aliphatic rings. The SMILES string of the molecule is Nc1ccc2ccc(C3CC4(CO3)CC(n3ccc5cccnc53)C(O)C4O)cc2n1. The van der Waals surface area contributed by atoms with Crippen molar-refractivity contribution in [2.45, 2.75) is 37.2 Å². The summed E-state index contributed by atoms with van der Waals surface area (Å²) in [5.74, 6) is 0.484. The number of fused-ring (bicyclic) bond motifs is 2. The Kier molecular flexibility index (Phi) is 4.08. The van der Waals surface area contributed by atoms with Gasteiger partial charge in [-0.3, -0.25) is 0 Å². The highest BCUT2D eigenvalue weighted by atomic mass is 16.5. The molecule has 1 aliphatic heterocycles. The van der Waals surface area contributed by atoms with E-state index < -0.39 is 17.6 Å². The fourth-order valence-electron chi connectivity index (χ4n) is 5.41. The standard InChI is InChI=1S/C24H24N4O3/c25-20-6-5-14-3-4-16(10-17(14)27-20)19-12-24(13-31-19)11-18(21(29)22(24)30)28-9-7-15-2-1-8-26-23(15)28/h1-10,18-19,21-22,29-30H,11-13H2,(H2,25,27). The van der Waals surface area contributed by atoms with Gasteiger partial charge in [0, 0.05) is 28.6 Å². The average molecular weight is 416 g/mol. The van der Waals surface area contributed by atoms with E-state index in [0.29, 0.717) is 25.3 Å². The number of rotatable bonds is 2. The normalized spacial score (nSPS) is 30.6. The van der Waals surface area contributed by atoms with Gasteiger partial charge in [-0.1, -0.05) is 12.1 Å². The molecule has 4 heterocycles. The zero-order valence-corrected chi connectivity index (χ0v) is 16.9. The van der Waals surface area contributed by atoms with Crippen LogP contribution < -0.4 is 5.73 Å². The Morgan fingerprint density at radius 1 is 1.06 bits per heavy atom. The second kappa shape index (κ2) is 6.75. The van der Waals surface area contributed by atoms with Crippen LogP contribution in [0.5, 0.6) is 0 Å². The fourth-order valence-corrected chi connectivity index (χ4v) is 5.41. The van der Waals surface area contributed by atoms with Crippen LogP contribution in [0.15, 0.2) is 60.9 Å². The van der Waals surface area contributed by atoms with E-state index in [0.717, 1.165) is 27.5 Å². The molecule has 31 heavy (non-hydrogen) atoms. The van der Waals surface area contributed by atoms with Crippen LogP contribution in [0.1, 0.15) is 30.6 Å². The van der Waals surface area contributed by atoms with Crippen LogP contribution in [0, 0.1) is 5.41 Å². The number of nitrogens with zero attached hydrogens (tertiary/aromatic N) is 3. The van der Waals surface area contributed by atoms with Gasteiger partial charge in [-0.15, -0.1) is 0 Å². The predicted octanol–water partition coefficient (Wildman–Crippen LogP) is 2.98. The third kappa shape index (κ3) is 2.85. The Hall–Kier alpha value is -3.00. The minimum absolute atomic E-state index is 0.159. The minimum atomic E-state index is -0.877. The van der Waals surface area contributed by atoms with Gasteiger partial charge in [-0.25, -0.2) is 9.97 Å². The summed E-state index contributed by atoms with van der Waals surface area (Å²) in [6.45, 7) is 0.404. The Morgan fingerprint density at radius 2 is 1.94 bits per heavy atom. The van der Waals surface area contributed by atoms with Crippen molar-refractivity contribution in [1.29, 1.82) is 0 Å². The van der Waals surface area contributed by atoms with Gasteiger partial charge in [0.2, 0.25) is 0 Å². The van der Waals surface area contributed by atoms with E-state index in [-0.39, 0.29) is 12.1 Å². The zero-order chi connectivity index (χ0) is 21.2. The number of aliphatic hydroxyl groups excluding tert-OH is 2. The van der Waals surface area contributed by atoms with Crippen LogP contribution in [0.3, 0.4) is 0 Å². The summed E-state index contributed by atoms with van der Waals surface area (Å²) in [5.41, 5.74) is 8.01. The Bertz CT molecular complexity index is 1290. The van der Waals surface area contributed by atoms with Crippen LogP contribution in [0.25, 0.3) is 21.9 Å². The first kappa shape index (κ1) is 18.7. The molecule has 6 rings (SSSR count). The summed E-state index contributed by atoms with van der Waals surface area (Å²) in [6, 6.07) is 15.5. The molecule has 5 unspecified atom stereocenters. The van der Waals surface area contributed by atoms with Crippen molar-refractivity contribution in [1.82, 2.24) is 14.5 Å². The van der Waals surface area contributed by atoms with Gasteiger partial charge in [-0.2, -0.15) is 0 Å². The number of aromatic nitrogens is 3. The average Bonchev–Trinajstić information content (AvgIpc) is 3.47. The molecule has 1 saturated carbocycles. The van der Waals surface area contributed by atoms with Crippen LogP contribution in [-0.4, -0.2) is 43.6 Å². The number of benzene rings is 1. The van der Waals surface area contributed by atoms with Gasteiger partial charge < -0.3 is 25.3 Å². The van der Waals surface area contributed by atoms with Crippen molar-refractivity contribution in [3.8, 4) is 0 Å². The Labute approximate surface area is 179 Å². The van der Waals surface area contributed by atoms with E-state index in [4.69, 9.17) is 10.5 Å². The molecule has 7 nitrogen and oxygen atoms in total. The summed E-state index contributed by atoms with van der Waals surface area (Å²) >= 11 is 0. The lowest BCUT2D eigenvalue weighted by atomic mass is 9.80. The number of hydrogen-bond donors (Lipinski definition) is 3. The van der Waals surface area contributed by atoms with Gasteiger partial charge in [0.15, 0.2) is 0 Å². The molecule has 0 radical (unpaired) electrons. The number of aliphatic hydroxyl groups is 2. The van der Waals surface area contributed by atoms with Gasteiger partial charge in [-0.05, 0) is 54.8 Å². The molecule has 2 fully saturated rings. The maximum atomic E-state index is 11.1. The molecule has 7 heteroatoms. The molecule has 3 aromatic heterocycles. The van der Waals surface area contributed by atoms with Gasteiger partial charge in [0.05, 0.1) is 30.4 Å². The van der Waals surface area contributed by atoms with Crippen LogP contribution >= 0.6 is 0 Å². The first-order chi connectivity index (χ1) is 15.0. The van der Waals surface area contributed by atoms with Gasteiger partial charge >= 0.3 is 0 Å². The van der Waals surface area contributed by atoms with Crippen molar-refractivity contribution in [3.63, 3.8) is 0 Å². The van der Waals surface area contributed by atoms with E-state index in [1.54, 1.807) is 12.3 Å². The van der Waals surface area contributed by atoms with E-state index in [2.05, 4.69) is 9.97 Å². The van der Waals surface area contributed by atoms with E-state index in [1.807, 2.05) is 53.2 Å². The number of nitrogens with two attached hydrogens (primary N) is 1. The fraction of sp³-hybridized carbons (Fsp3) is 0.333. The maximum absolute atomic E-state index is 11.1. The molecule has 1 spiro atoms.